The molecule has 2 N–H and O–H groups in total. The molecule has 1 aliphatic rings. The average Bonchev–Trinajstić information content (AvgIpc) is 2.83. The van der Waals surface area contributed by atoms with Crippen molar-refractivity contribution in [1.82, 2.24) is 14.0 Å². The Labute approximate surface area is 191 Å². The van der Waals surface area contributed by atoms with Gasteiger partial charge in [-0.05, 0) is 48.6 Å². The molecule has 0 aliphatic carbocycles. The summed E-state index contributed by atoms with van der Waals surface area (Å²) >= 11 is 0. The number of benzene rings is 2. The number of anilines is 1. The first-order chi connectivity index (χ1) is 15.9. The SMILES string of the molecule is O=C(Nc1ccc(C(=O)C=Cc2ccc3ccccc3n2)cc1)NS(=O)(=O)N1CCOCC1. The number of carbonyl (C=O) groups is 2. The summed E-state index contributed by atoms with van der Waals surface area (Å²) in [6, 6.07) is 16.8. The van der Waals surface area contributed by atoms with Crippen LogP contribution in [0.4, 0.5) is 10.5 Å². The first-order valence-electron chi connectivity index (χ1n) is 10.3. The topological polar surface area (TPSA) is 118 Å². The Hall–Kier alpha value is -3.60. The van der Waals surface area contributed by atoms with Crippen molar-refractivity contribution in [2.75, 3.05) is 31.6 Å². The minimum Gasteiger partial charge on any atom is -0.379 e. The van der Waals surface area contributed by atoms with Gasteiger partial charge in [0.2, 0.25) is 0 Å². The molecule has 0 unspecified atom stereocenters. The number of ketones is 1. The number of hydrogen-bond donors (Lipinski definition) is 2. The van der Waals surface area contributed by atoms with E-state index in [1.165, 1.54) is 18.2 Å². The highest BCUT2D eigenvalue weighted by atomic mass is 32.2. The van der Waals surface area contributed by atoms with Gasteiger partial charge in [-0.25, -0.2) is 14.5 Å². The Kier molecular flexibility index (Phi) is 6.78. The van der Waals surface area contributed by atoms with Gasteiger partial charge in [0.1, 0.15) is 0 Å². The van der Waals surface area contributed by atoms with E-state index in [9.17, 15) is 18.0 Å². The van der Waals surface area contributed by atoms with Gasteiger partial charge in [0, 0.05) is 29.7 Å². The van der Waals surface area contributed by atoms with Crippen LogP contribution in [0.3, 0.4) is 0 Å². The first-order valence-corrected chi connectivity index (χ1v) is 11.7. The number of allylic oxidation sites excluding steroid dienone is 1. The Balaban J connectivity index is 1.35. The van der Waals surface area contributed by atoms with Crippen LogP contribution in [0, 0.1) is 0 Å². The zero-order valence-corrected chi connectivity index (χ0v) is 18.4. The molecule has 1 aliphatic heterocycles. The van der Waals surface area contributed by atoms with E-state index in [4.69, 9.17) is 4.74 Å². The predicted octanol–water partition coefficient (Wildman–Crippen LogP) is 2.83. The van der Waals surface area contributed by atoms with Crippen LogP contribution in [0.25, 0.3) is 17.0 Å². The Bertz CT molecular complexity index is 1300. The van der Waals surface area contributed by atoms with Crippen LogP contribution in [0.15, 0.2) is 66.7 Å². The molecule has 0 atom stereocenters. The molecule has 170 valence electrons. The molecule has 2 heterocycles. The standard InChI is InChI=1S/C23H22N4O5S/c28-22(12-11-19-8-5-17-3-1-2-4-21(17)24-19)18-6-9-20(10-7-18)25-23(29)26-33(30,31)27-13-15-32-16-14-27/h1-12H,13-16H2,(H2,25,26,29). The largest absolute Gasteiger partial charge is 0.379 e. The molecule has 0 radical (unpaired) electrons. The fraction of sp³-hybridized carbons (Fsp3) is 0.174. The number of aromatic nitrogens is 1. The fourth-order valence-corrected chi connectivity index (χ4v) is 4.32. The molecule has 0 bridgehead atoms. The van der Waals surface area contributed by atoms with Crippen LogP contribution in [-0.4, -0.2) is 55.8 Å². The van der Waals surface area contributed by atoms with Gasteiger partial charge in [0.25, 0.3) is 0 Å². The normalized spacial score (nSPS) is 14.9. The van der Waals surface area contributed by atoms with Crippen LogP contribution in [0.5, 0.6) is 0 Å². The highest BCUT2D eigenvalue weighted by molar-refractivity contribution is 7.87. The summed E-state index contributed by atoms with van der Waals surface area (Å²) in [6.45, 7) is 0.927. The lowest BCUT2D eigenvalue weighted by atomic mass is 10.1. The van der Waals surface area contributed by atoms with Crippen LogP contribution < -0.4 is 10.0 Å². The number of nitrogens with zero attached hydrogens (tertiary/aromatic N) is 2. The average molecular weight is 467 g/mol. The first kappa shape index (κ1) is 22.6. The number of nitrogens with one attached hydrogen (secondary N) is 2. The monoisotopic (exact) mass is 466 g/mol. The van der Waals surface area contributed by atoms with E-state index in [1.54, 1.807) is 18.2 Å². The summed E-state index contributed by atoms with van der Waals surface area (Å²) in [5.41, 5.74) is 2.27. The lowest BCUT2D eigenvalue weighted by Gasteiger charge is -2.25. The van der Waals surface area contributed by atoms with E-state index in [1.807, 2.05) is 41.1 Å². The summed E-state index contributed by atoms with van der Waals surface area (Å²) in [4.78, 5) is 29.1. The number of para-hydroxylation sites is 1. The molecule has 10 heteroatoms. The maximum atomic E-state index is 12.5. The molecule has 1 saturated heterocycles. The van der Waals surface area contributed by atoms with Gasteiger partial charge in [0.15, 0.2) is 5.78 Å². The Morgan fingerprint density at radius 1 is 0.970 bits per heavy atom. The van der Waals surface area contributed by atoms with Crippen molar-refractivity contribution in [3.63, 3.8) is 0 Å². The van der Waals surface area contributed by atoms with Gasteiger partial charge in [0.05, 0.1) is 24.4 Å². The Morgan fingerprint density at radius 3 is 2.45 bits per heavy atom. The number of morpholine rings is 1. The van der Waals surface area contributed by atoms with E-state index in [2.05, 4.69) is 10.3 Å². The van der Waals surface area contributed by atoms with Crippen LogP contribution >= 0.6 is 0 Å². The molecule has 1 fully saturated rings. The molecule has 2 aromatic carbocycles. The van der Waals surface area contributed by atoms with Crippen molar-refractivity contribution in [3.8, 4) is 0 Å². The van der Waals surface area contributed by atoms with Crippen LogP contribution in [0.2, 0.25) is 0 Å². The highest BCUT2D eigenvalue weighted by Gasteiger charge is 2.26. The third kappa shape index (κ3) is 5.80. The molecule has 0 spiro atoms. The minimum atomic E-state index is -3.95. The van der Waals surface area contributed by atoms with Crippen molar-refractivity contribution in [2.24, 2.45) is 0 Å². The van der Waals surface area contributed by atoms with E-state index in [-0.39, 0.29) is 32.1 Å². The van der Waals surface area contributed by atoms with Gasteiger partial charge < -0.3 is 10.1 Å². The van der Waals surface area contributed by atoms with Gasteiger partial charge >= 0.3 is 16.2 Å². The summed E-state index contributed by atoms with van der Waals surface area (Å²) in [7, 11) is -3.95. The van der Waals surface area contributed by atoms with Crippen LogP contribution in [0.1, 0.15) is 16.1 Å². The van der Waals surface area contributed by atoms with Crippen molar-refractivity contribution < 1.29 is 22.7 Å². The van der Waals surface area contributed by atoms with Gasteiger partial charge in [-0.2, -0.15) is 12.7 Å². The third-order valence-corrected chi connectivity index (χ3v) is 6.47. The predicted molar refractivity (Wildman–Crippen MR) is 125 cm³/mol. The van der Waals surface area contributed by atoms with E-state index < -0.39 is 16.2 Å². The van der Waals surface area contributed by atoms with Crippen LogP contribution in [-0.2, 0) is 14.9 Å². The number of rotatable bonds is 6. The second kappa shape index (κ2) is 9.90. The zero-order valence-electron chi connectivity index (χ0n) is 17.6. The molecular formula is C23H22N4O5S. The maximum Gasteiger partial charge on any atom is 0.333 e. The number of ether oxygens (including phenoxy) is 1. The molecule has 3 aromatic rings. The number of hydrogen-bond acceptors (Lipinski definition) is 6. The number of urea groups is 1. The van der Waals surface area contributed by atoms with Crippen molar-refractivity contribution in [2.45, 2.75) is 0 Å². The fourth-order valence-electron chi connectivity index (χ4n) is 3.28. The molecular weight excluding hydrogens is 444 g/mol. The lowest BCUT2D eigenvalue weighted by molar-refractivity contribution is 0.0726. The highest BCUT2D eigenvalue weighted by Crippen LogP contribution is 2.14. The number of carbonyl (C=O) groups excluding carboxylic acids is 2. The van der Waals surface area contributed by atoms with Gasteiger partial charge in [-0.15, -0.1) is 0 Å². The van der Waals surface area contributed by atoms with E-state index in [0.29, 0.717) is 16.9 Å². The number of amides is 2. The second-order valence-electron chi connectivity index (χ2n) is 7.28. The zero-order chi connectivity index (χ0) is 23.3. The molecule has 4 rings (SSSR count). The van der Waals surface area contributed by atoms with Gasteiger partial charge in [-0.1, -0.05) is 24.3 Å². The number of pyridine rings is 1. The summed E-state index contributed by atoms with van der Waals surface area (Å²) in [5, 5.41) is 3.47. The quantitative estimate of drug-likeness (QED) is 0.426. The minimum absolute atomic E-state index is 0.182. The smallest absolute Gasteiger partial charge is 0.333 e. The molecule has 2 amide bonds. The Morgan fingerprint density at radius 2 is 1.70 bits per heavy atom. The van der Waals surface area contributed by atoms with E-state index >= 15 is 0 Å². The summed E-state index contributed by atoms with van der Waals surface area (Å²) in [6.07, 6.45) is 3.08. The van der Waals surface area contributed by atoms with Crippen molar-refractivity contribution >= 4 is 44.7 Å². The van der Waals surface area contributed by atoms with E-state index in [0.717, 1.165) is 15.2 Å². The maximum absolute atomic E-state index is 12.5. The second-order valence-corrected chi connectivity index (χ2v) is 8.95. The van der Waals surface area contributed by atoms with Crippen molar-refractivity contribution in [3.05, 3.63) is 78.0 Å². The summed E-state index contributed by atoms with van der Waals surface area (Å²) < 4.78 is 32.7. The number of fused-ring (bicyclic) bond motifs is 1. The molecule has 33 heavy (non-hydrogen) atoms. The van der Waals surface area contributed by atoms with Crippen molar-refractivity contribution in [1.29, 1.82) is 0 Å². The lowest BCUT2D eigenvalue weighted by Crippen LogP contribution is -2.49. The van der Waals surface area contributed by atoms with Gasteiger partial charge in [-0.3, -0.25) is 4.79 Å². The molecule has 0 saturated carbocycles. The summed E-state index contributed by atoms with van der Waals surface area (Å²) in [5.74, 6) is -0.226. The molecule has 9 nitrogen and oxygen atoms in total. The third-order valence-electron chi connectivity index (χ3n) is 4.98. The molecule has 1 aromatic heterocycles.